The Labute approximate surface area is 327 Å². The number of hydrogen-bond donors (Lipinski definition) is 4. The Balaban J connectivity index is 1.07. The summed E-state index contributed by atoms with van der Waals surface area (Å²) < 4.78 is 20.3. The van der Waals surface area contributed by atoms with Crippen LogP contribution in [0.15, 0.2) is 42.7 Å². The molecule has 7 atom stereocenters. The van der Waals surface area contributed by atoms with Crippen LogP contribution in [0.4, 0.5) is 9.59 Å². The first-order valence-corrected chi connectivity index (χ1v) is 19.3. The highest BCUT2D eigenvalue weighted by Crippen LogP contribution is 2.38. The van der Waals surface area contributed by atoms with Crippen molar-refractivity contribution in [1.29, 1.82) is 0 Å². The molecule has 1 aliphatic carbocycles. The number of aromatic nitrogens is 4. The summed E-state index contributed by atoms with van der Waals surface area (Å²) in [5, 5.41) is 5.26. The van der Waals surface area contributed by atoms with Gasteiger partial charge in [-0.15, -0.1) is 0 Å². The van der Waals surface area contributed by atoms with E-state index in [1.54, 1.807) is 29.8 Å². The molecule has 2 fully saturated rings. The number of alkyl carbamates (subject to hydrolysis) is 2. The molecule has 2 saturated heterocycles. The molecule has 16 nitrogen and oxygen atoms in total. The monoisotopic (exact) mass is 774 g/mol. The highest BCUT2D eigenvalue weighted by molar-refractivity contribution is 5.87. The number of carbonyl (C=O) groups excluding carboxylic acids is 4. The quantitative estimate of drug-likeness (QED) is 0.184. The van der Waals surface area contributed by atoms with Gasteiger partial charge < -0.3 is 49.3 Å². The number of imidazole rings is 2. The maximum absolute atomic E-state index is 13.6. The van der Waals surface area contributed by atoms with Gasteiger partial charge in [-0.1, -0.05) is 30.3 Å². The van der Waals surface area contributed by atoms with Gasteiger partial charge in [0.1, 0.15) is 23.7 Å². The van der Waals surface area contributed by atoms with Crippen LogP contribution < -0.4 is 10.6 Å². The first-order chi connectivity index (χ1) is 27.1. The van der Waals surface area contributed by atoms with E-state index >= 15 is 0 Å². The second-order valence-corrected chi connectivity index (χ2v) is 14.7. The first-order valence-electron chi connectivity index (χ1n) is 19.3. The normalized spacial score (nSPS) is 21.8. The summed E-state index contributed by atoms with van der Waals surface area (Å²) >= 11 is 0. The van der Waals surface area contributed by atoms with Crippen molar-refractivity contribution in [2.75, 3.05) is 41.5 Å². The van der Waals surface area contributed by atoms with Crippen molar-refractivity contribution in [3.63, 3.8) is 0 Å². The van der Waals surface area contributed by atoms with Gasteiger partial charge >= 0.3 is 12.2 Å². The van der Waals surface area contributed by atoms with Crippen LogP contribution in [-0.2, 0) is 28.5 Å². The fraction of sp³-hybridized carbons (Fsp3) is 0.550. The van der Waals surface area contributed by atoms with Gasteiger partial charge in [-0.25, -0.2) is 19.6 Å². The summed E-state index contributed by atoms with van der Waals surface area (Å²) in [4.78, 5) is 71.1. The number of benzene rings is 1. The standard InChI is InChI=1S/C40H54N8O8/c1-23(53-3)33(45-39(51)55-5)37(49)47-19-7-9-31(47)35-41-21-29(43-35)27-15-11-25(12-16-27)26-13-17-28(18-14-26)30-22-42-36(44-30)32-10-8-20-48(32)38(50)34(24(2)54-4)46-40(52)56-6/h11-12,15-17,21-24,26,31-34H,7-10,13-14,18-20H2,1-6H3,(H,41,43)(H,42,44)(H,45,51)(H,46,52)/t23-,24-,26?,31+,32+,33+,34+/m1/s1. The van der Waals surface area contributed by atoms with E-state index in [1.165, 1.54) is 39.6 Å². The number of nitrogens with one attached hydrogen (secondary N) is 4. The zero-order valence-electron chi connectivity index (χ0n) is 33.0. The van der Waals surface area contributed by atoms with Crippen molar-refractivity contribution in [3.05, 3.63) is 65.6 Å². The second kappa shape index (κ2) is 18.2. The van der Waals surface area contributed by atoms with Gasteiger partial charge in [-0.3, -0.25) is 9.59 Å². The van der Waals surface area contributed by atoms with E-state index in [0.717, 1.165) is 67.7 Å². The van der Waals surface area contributed by atoms with Gasteiger partial charge in [-0.2, -0.15) is 0 Å². The Hall–Kier alpha value is -5.22. The molecule has 0 spiro atoms. The van der Waals surface area contributed by atoms with Crippen molar-refractivity contribution in [2.45, 2.75) is 101 Å². The lowest BCUT2D eigenvalue weighted by Crippen LogP contribution is -2.54. The highest BCUT2D eigenvalue weighted by atomic mass is 16.5. The Morgan fingerprint density at radius 1 is 0.732 bits per heavy atom. The number of allylic oxidation sites excluding steroid dienone is 2. The number of nitrogens with zero attached hydrogens (tertiary/aromatic N) is 4. The molecule has 2 aliphatic heterocycles. The Bertz CT molecular complexity index is 1870. The summed E-state index contributed by atoms with van der Waals surface area (Å²) in [6, 6.07) is 6.32. The van der Waals surface area contributed by atoms with Crippen LogP contribution in [0.3, 0.4) is 0 Å². The van der Waals surface area contributed by atoms with Crippen molar-refractivity contribution in [2.24, 2.45) is 0 Å². The number of rotatable bonds is 13. The fourth-order valence-electron chi connectivity index (χ4n) is 8.03. The predicted molar refractivity (Wildman–Crippen MR) is 206 cm³/mol. The maximum atomic E-state index is 13.6. The topological polar surface area (TPSA) is 193 Å². The van der Waals surface area contributed by atoms with E-state index in [-0.39, 0.29) is 23.9 Å². The van der Waals surface area contributed by atoms with Crippen molar-refractivity contribution in [1.82, 2.24) is 40.4 Å². The maximum Gasteiger partial charge on any atom is 0.407 e. The molecule has 2 aromatic heterocycles. The largest absolute Gasteiger partial charge is 0.453 e. The molecule has 56 heavy (non-hydrogen) atoms. The molecule has 0 bridgehead atoms. The van der Waals surface area contributed by atoms with E-state index < -0.39 is 36.5 Å². The third kappa shape index (κ3) is 8.76. The molecule has 4 amide bonds. The van der Waals surface area contributed by atoms with E-state index in [9.17, 15) is 19.2 Å². The van der Waals surface area contributed by atoms with Crippen LogP contribution in [0, 0.1) is 0 Å². The number of carbonyl (C=O) groups is 4. The molecule has 0 saturated carbocycles. The molecule has 1 aromatic carbocycles. The van der Waals surface area contributed by atoms with Gasteiger partial charge in [-0.05, 0) is 81.4 Å². The Kier molecular flexibility index (Phi) is 13.1. The average Bonchev–Trinajstić information content (AvgIpc) is 4.08. The summed E-state index contributed by atoms with van der Waals surface area (Å²) in [6.45, 7) is 4.60. The van der Waals surface area contributed by atoms with Gasteiger partial charge in [0, 0.05) is 27.3 Å². The van der Waals surface area contributed by atoms with E-state index in [0.29, 0.717) is 24.8 Å². The summed E-state index contributed by atoms with van der Waals surface area (Å²) in [5.41, 5.74) is 5.30. The smallest absolute Gasteiger partial charge is 0.407 e. The molecule has 302 valence electrons. The van der Waals surface area contributed by atoms with Crippen LogP contribution in [0.1, 0.15) is 99.7 Å². The van der Waals surface area contributed by atoms with Gasteiger partial charge in [0.15, 0.2) is 0 Å². The van der Waals surface area contributed by atoms with E-state index in [1.807, 2.05) is 6.20 Å². The third-order valence-corrected chi connectivity index (χ3v) is 11.5. The van der Waals surface area contributed by atoms with E-state index in [2.05, 4.69) is 55.9 Å². The molecule has 3 aromatic rings. The fourth-order valence-corrected chi connectivity index (χ4v) is 8.03. The van der Waals surface area contributed by atoms with Crippen molar-refractivity contribution in [3.8, 4) is 11.3 Å². The zero-order valence-corrected chi connectivity index (χ0v) is 33.0. The van der Waals surface area contributed by atoms with Crippen LogP contribution in [0.25, 0.3) is 16.8 Å². The molecule has 4 N–H and O–H groups in total. The van der Waals surface area contributed by atoms with Crippen molar-refractivity contribution < 1.29 is 38.1 Å². The SMILES string of the molecule is COC(=O)N[C@H](C(=O)N1CCC[C@H]1c1ncc(C2=CCC(c3ccc(-c4cnc([C@@H]5CCCN5C(=O)[C@@H](NC(=O)OC)[C@@H](C)OC)[nH]4)cc3)CC2)[nH]1)[C@@H](C)OC. The molecule has 4 heterocycles. The lowest BCUT2D eigenvalue weighted by Gasteiger charge is -2.30. The third-order valence-electron chi connectivity index (χ3n) is 11.5. The Morgan fingerprint density at radius 3 is 1.70 bits per heavy atom. The molecule has 3 aliphatic rings. The number of aromatic amines is 2. The van der Waals surface area contributed by atoms with E-state index in [4.69, 9.17) is 23.9 Å². The zero-order chi connectivity index (χ0) is 39.9. The lowest BCUT2D eigenvalue weighted by atomic mass is 9.83. The minimum Gasteiger partial charge on any atom is -0.453 e. The summed E-state index contributed by atoms with van der Waals surface area (Å²) in [6.07, 6.45) is 9.41. The average molecular weight is 775 g/mol. The molecule has 1 unspecified atom stereocenters. The van der Waals surface area contributed by atoms with Crippen LogP contribution >= 0.6 is 0 Å². The highest BCUT2D eigenvalue weighted by Gasteiger charge is 2.40. The van der Waals surface area contributed by atoms with Gasteiger partial charge in [0.25, 0.3) is 0 Å². The van der Waals surface area contributed by atoms with Crippen LogP contribution in [0.5, 0.6) is 0 Å². The Morgan fingerprint density at radius 2 is 1.23 bits per heavy atom. The number of H-pyrrole nitrogens is 2. The number of ether oxygens (including phenoxy) is 4. The summed E-state index contributed by atoms with van der Waals surface area (Å²) in [5.74, 6) is 1.35. The molecule has 0 radical (unpaired) electrons. The van der Waals surface area contributed by atoms with Crippen molar-refractivity contribution >= 4 is 29.6 Å². The minimum atomic E-state index is -0.888. The number of hydrogen-bond acceptors (Lipinski definition) is 10. The number of likely N-dealkylation sites (tertiary alicyclic amines) is 2. The van der Waals surface area contributed by atoms with Crippen LogP contribution in [-0.4, -0.2) is 120 Å². The molecule has 16 heteroatoms. The second-order valence-electron chi connectivity index (χ2n) is 14.7. The molecular weight excluding hydrogens is 720 g/mol. The molecular formula is C40H54N8O8. The minimum absolute atomic E-state index is 0.226. The first kappa shape index (κ1) is 40.4. The number of amides is 4. The van der Waals surface area contributed by atoms with Crippen LogP contribution in [0.2, 0.25) is 0 Å². The molecule has 6 rings (SSSR count). The number of methoxy groups -OCH3 is 4. The lowest BCUT2D eigenvalue weighted by molar-refractivity contribution is -0.138. The predicted octanol–water partition coefficient (Wildman–Crippen LogP) is 5.00. The van der Waals surface area contributed by atoms with Gasteiger partial charge in [0.05, 0.1) is 62.3 Å². The summed E-state index contributed by atoms with van der Waals surface area (Å²) in [7, 11) is 5.53. The van der Waals surface area contributed by atoms with Gasteiger partial charge in [0.2, 0.25) is 11.8 Å².